The SMILES string of the molecule is CNC(=O)c1ccc(-n2c(C(C)NC(=O)c3cc(OC(F)(F)F)cc(S(C)(=O)=O)c3)nc3cccnc32)nc1. The number of rotatable bonds is 7. The van der Waals surface area contributed by atoms with Crippen LogP contribution in [0.2, 0.25) is 0 Å². The first-order chi connectivity index (χ1) is 18.3. The zero-order valence-corrected chi connectivity index (χ0v) is 21.5. The summed E-state index contributed by atoms with van der Waals surface area (Å²) >= 11 is 0. The molecule has 2 amide bonds. The largest absolute Gasteiger partial charge is 0.573 e. The lowest BCUT2D eigenvalue weighted by molar-refractivity contribution is -0.274. The van der Waals surface area contributed by atoms with Crippen LogP contribution in [0.3, 0.4) is 0 Å². The summed E-state index contributed by atoms with van der Waals surface area (Å²) in [6.45, 7) is 1.57. The lowest BCUT2D eigenvalue weighted by Crippen LogP contribution is -2.29. The number of nitrogens with one attached hydrogen (secondary N) is 2. The number of nitrogens with zero attached hydrogens (tertiary/aromatic N) is 4. The van der Waals surface area contributed by atoms with Gasteiger partial charge in [0.15, 0.2) is 15.5 Å². The van der Waals surface area contributed by atoms with Gasteiger partial charge in [0.25, 0.3) is 11.8 Å². The third-order valence-electron chi connectivity index (χ3n) is 5.45. The van der Waals surface area contributed by atoms with Crippen LogP contribution in [0.15, 0.2) is 59.8 Å². The molecule has 1 aromatic carbocycles. The van der Waals surface area contributed by atoms with E-state index in [9.17, 15) is 31.2 Å². The Hall–Kier alpha value is -4.53. The van der Waals surface area contributed by atoms with Gasteiger partial charge in [-0.1, -0.05) is 0 Å². The number of benzene rings is 1. The molecule has 0 aliphatic rings. The van der Waals surface area contributed by atoms with Gasteiger partial charge in [-0.15, -0.1) is 13.2 Å². The number of imidazole rings is 1. The molecule has 1 unspecified atom stereocenters. The van der Waals surface area contributed by atoms with Gasteiger partial charge in [-0.25, -0.2) is 23.4 Å². The first kappa shape index (κ1) is 27.5. The number of sulfone groups is 1. The van der Waals surface area contributed by atoms with Crippen LogP contribution in [0.4, 0.5) is 13.2 Å². The summed E-state index contributed by atoms with van der Waals surface area (Å²) in [6.07, 6.45) is -1.42. The van der Waals surface area contributed by atoms with E-state index in [0.717, 1.165) is 18.4 Å². The number of hydrogen-bond donors (Lipinski definition) is 2. The molecular weight excluding hydrogens is 541 g/mol. The predicted octanol–water partition coefficient (Wildman–Crippen LogP) is 2.97. The molecule has 0 aliphatic heterocycles. The third-order valence-corrected chi connectivity index (χ3v) is 6.54. The molecule has 204 valence electrons. The fourth-order valence-corrected chi connectivity index (χ4v) is 4.37. The molecule has 1 atom stereocenters. The van der Waals surface area contributed by atoms with Gasteiger partial charge in [0, 0.05) is 31.3 Å². The monoisotopic (exact) mass is 562 g/mol. The zero-order chi connectivity index (χ0) is 28.5. The summed E-state index contributed by atoms with van der Waals surface area (Å²) < 4.78 is 67.9. The highest BCUT2D eigenvalue weighted by molar-refractivity contribution is 7.90. The van der Waals surface area contributed by atoms with E-state index in [-0.39, 0.29) is 17.3 Å². The molecule has 0 bridgehead atoms. The molecule has 15 heteroatoms. The number of pyridine rings is 2. The van der Waals surface area contributed by atoms with Crippen molar-refractivity contribution in [3.05, 3.63) is 71.8 Å². The Morgan fingerprint density at radius 3 is 2.41 bits per heavy atom. The van der Waals surface area contributed by atoms with Crippen LogP contribution in [0.1, 0.15) is 39.5 Å². The topological polar surface area (TPSA) is 145 Å². The minimum atomic E-state index is -5.10. The number of fused-ring (bicyclic) bond motifs is 1. The fraction of sp³-hybridized carbons (Fsp3) is 0.208. The molecule has 3 aromatic heterocycles. The van der Waals surface area contributed by atoms with E-state index in [0.29, 0.717) is 28.6 Å². The Bertz CT molecular complexity index is 1670. The number of aromatic nitrogens is 4. The summed E-state index contributed by atoms with van der Waals surface area (Å²) in [7, 11) is -2.50. The summed E-state index contributed by atoms with van der Waals surface area (Å²) in [4.78, 5) is 37.6. The van der Waals surface area contributed by atoms with Crippen molar-refractivity contribution in [1.82, 2.24) is 30.2 Å². The maximum atomic E-state index is 13.1. The molecule has 0 radical (unpaired) electrons. The minimum absolute atomic E-state index is 0.267. The highest BCUT2D eigenvalue weighted by atomic mass is 32.2. The minimum Gasteiger partial charge on any atom is -0.406 e. The van der Waals surface area contributed by atoms with Crippen LogP contribution in [-0.2, 0) is 9.84 Å². The van der Waals surface area contributed by atoms with Crippen molar-refractivity contribution in [1.29, 1.82) is 0 Å². The van der Waals surface area contributed by atoms with Crippen molar-refractivity contribution < 1.29 is 35.9 Å². The molecule has 4 rings (SSSR count). The van der Waals surface area contributed by atoms with E-state index < -0.39 is 38.8 Å². The number of alkyl halides is 3. The first-order valence-corrected chi connectivity index (χ1v) is 13.1. The molecule has 0 fully saturated rings. The normalized spacial score (nSPS) is 12.7. The first-order valence-electron chi connectivity index (χ1n) is 11.2. The lowest BCUT2D eigenvalue weighted by atomic mass is 10.2. The fourth-order valence-electron chi connectivity index (χ4n) is 3.70. The van der Waals surface area contributed by atoms with E-state index in [1.54, 1.807) is 35.8 Å². The number of carbonyl (C=O) groups is 2. The second kappa shape index (κ2) is 10.3. The molecule has 3 heterocycles. The quantitative estimate of drug-likeness (QED) is 0.350. The smallest absolute Gasteiger partial charge is 0.406 e. The number of halogens is 3. The summed E-state index contributed by atoms with van der Waals surface area (Å²) in [5.74, 6) is -1.48. The molecular formula is C24H21F3N6O5S. The van der Waals surface area contributed by atoms with Crippen molar-refractivity contribution in [2.75, 3.05) is 13.3 Å². The molecule has 0 saturated carbocycles. The van der Waals surface area contributed by atoms with Gasteiger partial charge in [-0.3, -0.25) is 14.2 Å². The Morgan fingerprint density at radius 1 is 1.05 bits per heavy atom. The van der Waals surface area contributed by atoms with E-state index in [2.05, 4.69) is 30.3 Å². The van der Waals surface area contributed by atoms with Crippen LogP contribution in [0.5, 0.6) is 5.75 Å². The zero-order valence-electron chi connectivity index (χ0n) is 20.6. The van der Waals surface area contributed by atoms with Crippen LogP contribution in [0, 0.1) is 0 Å². The molecule has 0 aliphatic carbocycles. The summed E-state index contributed by atoms with van der Waals surface area (Å²) in [6, 6.07) is 8.01. The van der Waals surface area contributed by atoms with Crippen LogP contribution < -0.4 is 15.4 Å². The summed E-state index contributed by atoms with van der Waals surface area (Å²) in [5.41, 5.74) is 0.793. The molecule has 0 saturated heterocycles. The van der Waals surface area contributed by atoms with Crippen molar-refractivity contribution in [3.63, 3.8) is 0 Å². The summed E-state index contributed by atoms with van der Waals surface area (Å²) in [5, 5.41) is 5.11. The number of amides is 2. The number of ether oxygens (including phenoxy) is 1. The van der Waals surface area contributed by atoms with Crippen molar-refractivity contribution in [3.8, 4) is 11.6 Å². The third kappa shape index (κ3) is 6.14. The van der Waals surface area contributed by atoms with Crippen LogP contribution in [0.25, 0.3) is 17.0 Å². The van der Waals surface area contributed by atoms with Gasteiger partial charge >= 0.3 is 6.36 Å². The van der Waals surface area contributed by atoms with Gasteiger partial charge in [0.1, 0.15) is 22.9 Å². The van der Waals surface area contributed by atoms with E-state index in [1.807, 2.05) is 0 Å². The van der Waals surface area contributed by atoms with E-state index in [1.165, 1.54) is 19.4 Å². The maximum Gasteiger partial charge on any atom is 0.573 e. The molecule has 39 heavy (non-hydrogen) atoms. The average molecular weight is 563 g/mol. The number of hydrogen-bond acceptors (Lipinski definition) is 8. The highest BCUT2D eigenvalue weighted by Gasteiger charge is 2.32. The van der Waals surface area contributed by atoms with Crippen LogP contribution >= 0.6 is 0 Å². The Balaban J connectivity index is 1.72. The maximum absolute atomic E-state index is 13.1. The molecule has 4 aromatic rings. The number of carbonyl (C=O) groups excluding carboxylic acids is 2. The van der Waals surface area contributed by atoms with E-state index >= 15 is 0 Å². The molecule has 11 nitrogen and oxygen atoms in total. The average Bonchev–Trinajstić information content (AvgIpc) is 3.26. The van der Waals surface area contributed by atoms with Crippen molar-refractivity contribution in [2.24, 2.45) is 0 Å². The lowest BCUT2D eigenvalue weighted by Gasteiger charge is -2.17. The predicted molar refractivity (Wildman–Crippen MR) is 132 cm³/mol. The molecule has 0 spiro atoms. The van der Waals surface area contributed by atoms with E-state index in [4.69, 9.17) is 0 Å². The Morgan fingerprint density at radius 2 is 1.79 bits per heavy atom. The van der Waals surface area contributed by atoms with Gasteiger partial charge < -0.3 is 15.4 Å². The van der Waals surface area contributed by atoms with Gasteiger partial charge in [0.2, 0.25) is 0 Å². The van der Waals surface area contributed by atoms with Gasteiger partial charge in [-0.05, 0) is 49.4 Å². The highest BCUT2D eigenvalue weighted by Crippen LogP contribution is 2.28. The molecule has 2 N–H and O–H groups in total. The second-order valence-electron chi connectivity index (χ2n) is 8.34. The van der Waals surface area contributed by atoms with Gasteiger partial charge in [0.05, 0.1) is 16.5 Å². The van der Waals surface area contributed by atoms with Gasteiger partial charge in [-0.2, -0.15) is 0 Å². The standard InChI is InChI=1S/C24H21F3N6O5S/c1-13(31-23(35)15-9-16(38-24(25,26)27)11-17(10-15)39(3,36)37)20-32-18-5-4-8-29-21(18)33(20)19-7-6-14(12-30-19)22(34)28-2/h4-13H,1-3H3,(H,28,34)(H,31,35). The Labute approximate surface area is 220 Å². The Kier molecular flexibility index (Phi) is 7.28. The second-order valence-corrected chi connectivity index (χ2v) is 10.4. The van der Waals surface area contributed by atoms with Crippen molar-refractivity contribution in [2.45, 2.75) is 24.2 Å². The van der Waals surface area contributed by atoms with Crippen LogP contribution in [-0.4, -0.2) is 59.4 Å². The van der Waals surface area contributed by atoms with Crippen molar-refractivity contribution >= 4 is 32.8 Å².